The molecule has 6 aromatic rings. The standard InChI is InChI=1S/C29H20ClN7/c30-23-13-14-26-25(16-23)28(20-8-3-1-4-9-20)34-29(33-26)35-32-18-22-19-37(24-11-5-2-6-12-24)36-27(22)21-10-7-15-31-17-21/h1-19H,(H,33,34,35)/b32-18+. The molecule has 0 unspecified atom stereocenters. The topological polar surface area (TPSA) is 80.9 Å². The minimum Gasteiger partial charge on any atom is -0.264 e. The Kier molecular flexibility index (Phi) is 6.10. The summed E-state index contributed by atoms with van der Waals surface area (Å²) in [5.74, 6) is 0.378. The van der Waals surface area contributed by atoms with Crippen LogP contribution in [0.15, 0.2) is 115 Å². The Labute approximate surface area is 218 Å². The molecular formula is C29H20ClN7. The van der Waals surface area contributed by atoms with Gasteiger partial charge in [0, 0.05) is 45.7 Å². The average Bonchev–Trinajstić information content (AvgIpc) is 3.38. The summed E-state index contributed by atoms with van der Waals surface area (Å²) >= 11 is 6.27. The number of hydrogen-bond acceptors (Lipinski definition) is 6. The largest absolute Gasteiger partial charge is 0.264 e. The van der Waals surface area contributed by atoms with Gasteiger partial charge in [-0.15, -0.1) is 0 Å². The molecule has 3 aromatic heterocycles. The van der Waals surface area contributed by atoms with Gasteiger partial charge in [-0.1, -0.05) is 60.1 Å². The van der Waals surface area contributed by atoms with Crippen LogP contribution in [0.2, 0.25) is 5.02 Å². The molecule has 178 valence electrons. The lowest BCUT2D eigenvalue weighted by atomic mass is 10.1. The van der Waals surface area contributed by atoms with Crippen molar-refractivity contribution in [1.29, 1.82) is 0 Å². The molecule has 0 bridgehead atoms. The number of rotatable bonds is 6. The monoisotopic (exact) mass is 501 g/mol. The fourth-order valence-corrected chi connectivity index (χ4v) is 4.22. The first kappa shape index (κ1) is 22.6. The first-order valence-electron chi connectivity index (χ1n) is 11.6. The van der Waals surface area contributed by atoms with E-state index in [1.54, 1.807) is 18.6 Å². The fourth-order valence-electron chi connectivity index (χ4n) is 4.05. The second-order valence-electron chi connectivity index (χ2n) is 8.25. The van der Waals surface area contributed by atoms with Crippen LogP contribution in [0.5, 0.6) is 0 Å². The first-order chi connectivity index (χ1) is 18.2. The molecule has 0 saturated carbocycles. The summed E-state index contributed by atoms with van der Waals surface area (Å²) in [6.07, 6.45) is 7.17. The summed E-state index contributed by atoms with van der Waals surface area (Å²) in [6, 6.07) is 29.3. The molecule has 3 aromatic carbocycles. The summed E-state index contributed by atoms with van der Waals surface area (Å²) in [7, 11) is 0. The van der Waals surface area contributed by atoms with Gasteiger partial charge in [-0.2, -0.15) is 10.2 Å². The number of para-hydroxylation sites is 1. The zero-order valence-corrected chi connectivity index (χ0v) is 20.3. The maximum absolute atomic E-state index is 6.27. The zero-order chi connectivity index (χ0) is 25.0. The Morgan fingerprint density at radius 3 is 2.38 bits per heavy atom. The second kappa shape index (κ2) is 10.0. The van der Waals surface area contributed by atoms with E-state index in [1.807, 2.05) is 102 Å². The van der Waals surface area contributed by atoms with Gasteiger partial charge in [-0.25, -0.2) is 20.1 Å². The Bertz CT molecular complexity index is 1700. The number of fused-ring (bicyclic) bond motifs is 1. The number of hydrazone groups is 1. The highest BCUT2D eigenvalue weighted by Gasteiger charge is 2.13. The number of aromatic nitrogens is 5. The molecule has 0 atom stereocenters. The number of anilines is 1. The minimum absolute atomic E-state index is 0.378. The molecule has 0 amide bonds. The van der Waals surface area contributed by atoms with Crippen molar-refractivity contribution in [2.75, 3.05) is 5.43 Å². The summed E-state index contributed by atoms with van der Waals surface area (Å²) in [6.45, 7) is 0. The lowest BCUT2D eigenvalue weighted by molar-refractivity contribution is 0.884. The number of pyridine rings is 1. The van der Waals surface area contributed by atoms with Crippen molar-refractivity contribution in [2.24, 2.45) is 5.10 Å². The van der Waals surface area contributed by atoms with Crippen molar-refractivity contribution in [1.82, 2.24) is 24.7 Å². The molecule has 7 nitrogen and oxygen atoms in total. The van der Waals surface area contributed by atoms with Crippen molar-refractivity contribution in [3.63, 3.8) is 0 Å². The molecule has 0 aliphatic heterocycles. The summed E-state index contributed by atoms with van der Waals surface area (Å²) < 4.78 is 1.83. The predicted octanol–water partition coefficient (Wildman–Crippen LogP) is 6.64. The molecule has 0 fully saturated rings. The SMILES string of the molecule is Clc1ccc2nc(N/N=C/c3cn(-c4ccccc4)nc3-c3cccnc3)nc(-c3ccccc3)c2c1. The van der Waals surface area contributed by atoms with Gasteiger partial charge in [-0.3, -0.25) is 4.98 Å². The highest BCUT2D eigenvalue weighted by atomic mass is 35.5. The molecule has 6 rings (SSSR count). The van der Waals surface area contributed by atoms with Crippen molar-refractivity contribution < 1.29 is 0 Å². The maximum Gasteiger partial charge on any atom is 0.244 e. The normalized spacial score (nSPS) is 11.3. The molecule has 0 aliphatic carbocycles. The van der Waals surface area contributed by atoms with E-state index < -0.39 is 0 Å². The molecule has 0 aliphatic rings. The van der Waals surface area contributed by atoms with Gasteiger partial charge in [-0.05, 0) is 42.5 Å². The van der Waals surface area contributed by atoms with E-state index in [4.69, 9.17) is 21.7 Å². The Morgan fingerprint density at radius 2 is 1.59 bits per heavy atom. The van der Waals surface area contributed by atoms with Crippen molar-refractivity contribution in [2.45, 2.75) is 0 Å². The number of hydrogen-bond donors (Lipinski definition) is 1. The van der Waals surface area contributed by atoms with Gasteiger partial charge >= 0.3 is 0 Å². The predicted molar refractivity (Wildman–Crippen MR) is 148 cm³/mol. The molecular weight excluding hydrogens is 482 g/mol. The van der Waals surface area contributed by atoms with Gasteiger partial charge in [0.15, 0.2) is 0 Å². The Balaban J connectivity index is 1.37. The van der Waals surface area contributed by atoms with E-state index in [1.165, 1.54) is 0 Å². The van der Waals surface area contributed by atoms with Crippen LogP contribution >= 0.6 is 11.6 Å². The van der Waals surface area contributed by atoms with Crippen LogP contribution in [-0.4, -0.2) is 30.9 Å². The molecule has 0 radical (unpaired) electrons. The molecule has 8 heteroatoms. The summed E-state index contributed by atoms with van der Waals surface area (Å²) in [5, 5.41) is 10.8. The third-order valence-corrected chi connectivity index (χ3v) is 6.01. The third-order valence-electron chi connectivity index (χ3n) is 5.77. The first-order valence-corrected chi connectivity index (χ1v) is 12.0. The van der Waals surface area contributed by atoms with Crippen molar-refractivity contribution in [3.8, 4) is 28.2 Å². The summed E-state index contributed by atoms with van der Waals surface area (Å²) in [4.78, 5) is 13.6. The molecule has 0 spiro atoms. The van der Waals surface area contributed by atoms with Crippen molar-refractivity contribution in [3.05, 3.63) is 120 Å². The van der Waals surface area contributed by atoms with Gasteiger partial charge in [0.1, 0.15) is 5.69 Å². The van der Waals surface area contributed by atoms with Gasteiger partial charge in [0.2, 0.25) is 5.95 Å². The molecule has 1 N–H and O–H groups in total. The lowest BCUT2D eigenvalue weighted by Crippen LogP contribution is -2.00. The molecule has 0 saturated heterocycles. The van der Waals surface area contributed by atoms with E-state index in [9.17, 15) is 0 Å². The second-order valence-corrected chi connectivity index (χ2v) is 8.68. The van der Waals surface area contributed by atoms with Crippen LogP contribution in [0.1, 0.15) is 5.56 Å². The highest BCUT2D eigenvalue weighted by molar-refractivity contribution is 6.31. The van der Waals surface area contributed by atoms with E-state index >= 15 is 0 Å². The molecule has 3 heterocycles. The quantitative estimate of drug-likeness (QED) is 0.204. The van der Waals surface area contributed by atoms with Gasteiger partial charge in [0.05, 0.1) is 23.1 Å². The maximum atomic E-state index is 6.27. The van der Waals surface area contributed by atoms with E-state index in [-0.39, 0.29) is 0 Å². The van der Waals surface area contributed by atoms with E-state index in [0.717, 1.165) is 44.7 Å². The average molecular weight is 502 g/mol. The number of benzene rings is 3. The minimum atomic E-state index is 0.378. The number of halogens is 1. The van der Waals surface area contributed by atoms with Crippen LogP contribution in [0, 0.1) is 0 Å². The van der Waals surface area contributed by atoms with Crippen LogP contribution in [0.4, 0.5) is 5.95 Å². The van der Waals surface area contributed by atoms with Crippen LogP contribution in [-0.2, 0) is 0 Å². The third kappa shape index (κ3) is 4.80. The fraction of sp³-hybridized carbons (Fsp3) is 0. The van der Waals surface area contributed by atoms with E-state index in [0.29, 0.717) is 11.0 Å². The Hall–Kier alpha value is -4.88. The summed E-state index contributed by atoms with van der Waals surface area (Å²) in [5.41, 5.74) is 8.93. The number of nitrogens with zero attached hydrogens (tertiary/aromatic N) is 6. The highest BCUT2D eigenvalue weighted by Crippen LogP contribution is 2.29. The van der Waals surface area contributed by atoms with Crippen LogP contribution in [0.25, 0.3) is 39.1 Å². The smallest absolute Gasteiger partial charge is 0.244 e. The number of nitrogens with one attached hydrogen (secondary N) is 1. The zero-order valence-electron chi connectivity index (χ0n) is 19.5. The van der Waals surface area contributed by atoms with Gasteiger partial charge < -0.3 is 0 Å². The molecule has 37 heavy (non-hydrogen) atoms. The van der Waals surface area contributed by atoms with Crippen molar-refractivity contribution >= 4 is 34.7 Å². The van der Waals surface area contributed by atoms with E-state index in [2.05, 4.69) is 20.5 Å². The van der Waals surface area contributed by atoms with Crippen LogP contribution < -0.4 is 5.43 Å². The lowest BCUT2D eigenvalue weighted by Gasteiger charge is -2.09. The van der Waals surface area contributed by atoms with Crippen LogP contribution in [0.3, 0.4) is 0 Å². The van der Waals surface area contributed by atoms with Gasteiger partial charge in [0.25, 0.3) is 0 Å². The Morgan fingerprint density at radius 1 is 0.811 bits per heavy atom.